The topological polar surface area (TPSA) is 93.3 Å². The van der Waals surface area contributed by atoms with Gasteiger partial charge in [0.25, 0.3) is 11.6 Å². The van der Waals surface area contributed by atoms with Gasteiger partial charge in [-0.25, -0.2) is 4.98 Å². The first-order chi connectivity index (χ1) is 13.5. The number of nitro groups is 1. The molecule has 0 radical (unpaired) electrons. The number of nitrogens with one attached hydrogen (secondary N) is 1. The van der Waals surface area contributed by atoms with E-state index in [1.165, 1.54) is 23.2 Å². The zero-order chi connectivity index (χ0) is 20.1. The predicted octanol–water partition coefficient (Wildman–Crippen LogP) is 3.04. The van der Waals surface area contributed by atoms with E-state index in [0.29, 0.717) is 12.2 Å². The third kappa shape index (κ3) is 4.17. The second kappa shape index (κ2) is 8.34. The molecule has 2 aromatic carbocycles. The molecule has 0 saturated heterocycles. The summed E-state index contributed by atoms with van der Waals surface area (Å²) in [6, 6.07) is 14.3. The van der Waals surface area contributed by atoms with E-state index in [1.807, 2.05) is 44.3 Å². The number of nitrogens with zero attached hydrogens (tertiary/aromatic N) is 4. The van der Waals surface area contributed by atoms with E-state index in [1.54, 1.807) is 18.3 Å². The lowest BCUT2D eigenvalue weighted by Gasteiger charge is -2.27. The van der Waals surface area contributed by atoms with E-state index in [2.05, 4.69) is 15.2 Å². The molecule has 1 aromatic heterocycles. The average Bonchev–Trinajstić information content (AvgIpc) is 3.26. The van der Waals surface area contributed by atoms with E-state index >= 15 is 0 Å². The summed E-state index contributed by atoms with van der Waals surface area (Å²) >= 11 is 0. The maximum absolute atomic E-state index is 12.5. The van der Waals surface area contributed by atoms with Crippen LogP contribution in [-0.4, -0.2) is 40.0 Å². The third-order valence-corrected chi connectivity index (χ3v) is 4.60. The molecule has 0 spiro atoms. The molecule has 1 unspecified atom stereocenters. The van der Waals surface area contributed by atoms with Gasteiger partial charge in [-0.2, -0.15) is 0 Å². The Morgan fingerprint density at radius 2 is 2.04 bits per heavy atom. The van der Waals surface area contributed by atoms with E-state index in [9.17, 15) is 14.9 Å². The van der Waals surface area contributed by atoms with Gasteiger partial charge in [0, 0.05) is 49.3 Å². The molecule has 0 saturated carbocycles. The van der Waals surface area contributed by atoms with Crippen molar-refractivity contribution in [2.24, 2.45) is 0 Å². The Morgan fingerprint density at radius 1 is 1.29 bits per heavy atom. The Kier molecular flexibility index (Phi) is 5.69. The first-order valence-corrected chi connectivity index (χ1v) is 8.80. The number of nitro benzene ring substituents is 1. The summed E-state index contributed by atoms with van der Waals surface area (Å²) in [4.78, 5) is 29.4. The van der Waals surface area contributed by atoms with Crippen molar-refractivity contribution in [2.45, 2.75) is 13.0 Å². The molecular formula is C20H21N5O3. The van der Waals surface area contributed by atoms with Gasteiger partial charge < -0.3 is 14.8 Å². The summed E-state index contributed by atoms with van der Waals surface area (Å²) in [5, 5.41) is 14.3. The van der Waals surface area contributed by atoms with Gasteiger partial charge in [0.15, 0.2) is 0 Å². The molecular weight excluding hydrogens is 358 g/mol. The van der Waals surface area contributed by atoms with Crippen LogP contribution in [0.1, 0.15) is 17.3 Å². The Labute approximate surface area is 162 Å². The van der Waals surface area contributed by atoms with Crippen molar-refractivity contribution in [3.05, 3.63) is 82.9 Å². The van der Waals surface area contributed by atoms with Crippen LogP contribution in [-0.2, 0) is 0 Å². The number of hydrogen-bond acceptors (Lipinski definition) is 5. The zero-order valence-electron chi connectivity index (χ0n) is 15.6. The molecule has 1 heterocycles. The third-order valence-electron chi connectivity index (χ3n) is 4.60. The molecule has 1 atom stereocenters. The van der Waals surface area contributed by atoms with Crippen LogP contribution in [0.3, 0.4) is 0 Å². The van der Waals surface area contributed by atoms with E-state index in [0.717, 1.165) is 5.69 Å². The monoisotopic (exact) mass is 379 g/mol. The fourth-order valence-electron chi connectivity index (χ4n) is 2.83. The van der Waals surface area contributed by atoms with Crippen molar-refractivity contribution in [1.82, 2.24) is 14.9 Å². The number of carbonyl (C=O) groups excluding carboxylic acids is 1. The van der Waals surface area contributed by atoms with Gasteiger partial charge >= 0.3 is 0 Å². The van der Waals surface area contributed by atoms with Crippen molar-refractivity contribution in [3.8, 4) is 5.69 Å². The van der Waals surface area contributed by atoms with Crippen LogP contribution in [0, 0.1) is 10.1 Å². The number of para-hydroxylation sites is 1. The molecule has 1 N–H and O–H groups in total. The van der Waals surface area contributed by atoms with Gasteiger partial charge in [-0.15, -0.1) is 0 Å². The lowest BCUT2D eigenvalue weighted by molar-refractivity contribution is -0.384. The average molecular weight is 379 g/mol. The van der Waals surface area contributed by atoms with Crippen LogP contribution < -0.4 is 10.2 Å². The molecule has 0 aliphatic rings. The van der Waals surface area contributed by atoms with Gasteiger partial charge in [-0.05, 0) is 31.2 Å². The maximum atomic E-state index is 12.5. The molecule has 8 heteroatoms. The smallest absolute Gasteiger partial charge is 0.294 e. The molecule has 0 aliphatic heterocycles. The number of hydrogen-bond donors (Lipinski definition) is 1. The molecule has 8 nitrogen and oxygen atoms in total. The number of amides is 1. The summed E-state index contributed by atoms with van der Waals surface area (Å²) in [6.07, 6.45) is 4.63. The van der Waals surface area contributed by atoms with Crippen molar-refractivity contribution < 1.29 is 9.72 Å². The first kappa shape index (κ1) is 19.1. The summed E-state index contributed by atoms with van der Waals surface area (Å²) in [6.45, 7) is 2.40. The fraction of sp³-hybridized carbons (Fsp3) is 0.200. The Morgan fingerprint density at radius 3 is 2.68 bits per heavy atom. The van der Waals surface area contributed by atoms with Crippen molar-refractivity contribution in [1.29, 1.82) is 0 Å². The van der Waals surface area contributed by atoms with Gasteiger partial charge in [0.05, 0.1) is 11.3 Å². The Hall–Kier alpha value is -3.68. The summed E-state index contributed by atoms with van der Waals surface area (Å²) in [5.41, 5.74) is 1.49. The minimum absolute atomic E-state index is 0.0477. The number of anilines is 1. The summed E-state index contributed by atoms with van der Waals surface area (Å²) in [5.74, 6) is -0.353. The minimum Gasteiger partial charge on any atom is -0.370 e. The lowest BCUT2D eigenvalue weighted by Crippen LogP contribution is -2.40. The van der Waals surface area contributed by atoms with Crippen LogP contribution in [0.5, 0.6) is 0 Å². The lowest BCUT2D eigenvalue weighted by atomic mass is 10.1. The number of benzene rings is 2. The van der Waals surface area contributed by atoms with Crippen molar-refractivity contribution >= 4 is 17.3 Å². The Bertz CT molecular complexity index is 957. The SMILES string of the molecule is CC(CNC(=O)c1ccc(-n2ccnc2)c([N+](=O)[O-])c1)N(C)c1ccccc1. The molecule has 1 amide bonds. The van der Waals surface area contributed by atoms with Crippen LogP contribution in [0.2, 0.25) is 0 Å². The normalized spacial score (nSPS) is 11.6. The highest BCUT2D eigenvalue weighted by molar-refractivity contribution is 5.95. The highest BCUT2D eigenvalue weighted by atomic mass is 16.6. The van der Waals surface area contributed by atoms with E-state index in [4.69, 9.17) is 0 Å². The number of aromatic nitrogens is 2. The molecule has 0 fully saturated rings. The van der Waals surface area contributed by atoms with E-state index in [-0.39, 0.29) is 23.2 Å². The van der Waals surface area contributed by atoms with Gasteiger partial charge in [0.1, 0.15) is 5.69 Å². The van der Waals surface area contributed by atoms with Gasteiger partial charge in [-0.3, -0.25) is 14.9 Å². The number of rotatable bonds is 7. The standard InChI is InChI=1S/C20H21N5O3/c1-15(23(2)17-6-4-3-5-7-17)13-22-20(26)16-8-9-18(19(12-16)25(27)28)24-11-10-21-14-24/h3-12,14-15H,13H2,1-2H3,(H,22,26). The number of likely N-dealkylation sites (N-methyl/N-ethyl adjacent to an activating group) is 1. The number of imidazole rings is 1. The molecule has 3 rings (SSSR count). The quantitative estimate of drug-likeness (QED) is 0.503. The molecule has 0 bridgehead atoms. The second-order valence-corrected chi connectivity index (χ2v) is 6.44. The minimum atomic E-state index is -0.502. The second-order valence-electron chi connectivity index (χ2n) is 6.44. The van der Waals surface area contributed by atoms with Crippen LogP contribution in [0.25, 0.3) is 5.69 Å². The molecule has 3 aromatic rings. The highest BCUT2D eigenvalue weighted by Gasteiger charge is 2.19. The van der Waals surface area contributed by atoms with Gasteiger partial charge in [0.2, 0.25) is 0 Å². The Balaban J connectivity index is 1.70. The summed E-state index contributed by atoms with van der Waals surface area (Å²) < 4.78 is 1.54. The number of carbonyl (C=O) groups is 1. The van der Waals surface area contributed by atoms with Crippen molar-refractivity contribution in [3.63, 3.8) is 0 Å². The zero-order valence-corrected chi connectivity index (χ0v) is 15.6. The molecule has 144 valence electrons. The predicted molar refractivity (Wildman–Crippen MR) is 107 cm³/mol. The highest BCUT2D eigenvalue weighted by Crippen LogP contribution is 2.24. The van der Waals surface area contributed by atoms with E-state index < -0.39 is 4.92 Å². The van der Waals surface area contributed by atoms with Gasteiger partial charge in [-0.1, -0.05) is 18.2 Å². The van der Waals surface area contributed by atoms with Crippen LogP contribution >= 0.6 is 0 Å². The fourth-order valence-corrected chi connectivity index (χ4v) is 2.83. The molecule has 28 heavy (non-hydrogen) atoms. The van der Waals surface area contributed by atoms with Crippen molar-refractivity contribution in [2.75, 3.05) is 18.5 Å². The first-order valence-electron chi connectivity index (χ1n) is 8.80. The van der Waals surface area contributed by atoms with Crippen LogP contribution in [0.15, 0.2) is 67.3 Å². The molecule has 0 aliphatic carbocycles. The largest absolute Gasteiger partial charge is 0.370 e. The maximum Gasteiger partial charge on any atom is 0.294 e. The summed E-state index contributed by atoms with van der Waals surface area (Å²) in [7, 11) is 1.96. The van der Waals surface area contributed by atoms with Crippen LogP contribution in [0.4, 0.5) is 11.4 Å².